The van der Waals surface area contributed by atoms with Crippen molar-refractivity contribution in [1.82, 2.24) is 24.8 Å². The molecule has 2 aromatic carbocycles. The van der Waals surface area contributed by atoms with Crippen LogP contribution in [0.5, 0.6) is 5.88 Å². The standard InChI is InChI=1S/C30H29F3N6OS/c1-40-28-13-12-24(16-37-28)19-38(20-25-5-2-3-7-27(25)30(31,32)33)29(41)36-14-4-6-26-17-35-21-39(26)18-23-10-8-22(15-34)9-11-23/h2-3,5,7-13,16-17,21H,4,6,14,18-20H2,1H3,(H,36,41). The first kappa shape index (κ1) is 29.6. The lowest BCUT2D eigenvalue weighted by Gasteiger charge is -2.27. The lowest BCUT2D eigenvalue weighted by atomic mass is 10.1. The van der Waals surface area contributed by atoms with E-state index in [4.69, 9.17) is 22.2 Å². The number of hydrogen-bond acceptors (Lipinski definition) is 5. The first-order chi connectivity index (χ1) is 19.8. The minimum atomic E-state index is -4.47. The number of halogens is 3. The van der Waals surface area contributed by atoms with Gasteiger partial charge < -0.3 is 19.5 Å². The summed E-state index contributed by atoms with van der Waals surface area (Å²) in [7, 11) is 1.52. The van der Waals surface area contributed by atoms with E-state index in [1.807, 2.05) is 24.4 Å². The van der Waals surface area contributed by atoms with Crippen LogP contribution >= 0.6 is 12.2 Å². The zero-order valence-corrected chi connectivity index (χ0v) is 23.3. The van der Waals surface area contributed by atoms with Gasteiger partial charge in [-0.05, 0) is 59.9 Å². The molecule has 0 bridgehead atoms. The van der Waals surface area contributed by atoms with Gasteiger partial charge in [0.15, 0.2) is 5.11 Å². The van der Waals surface area contributed by atoms with E-state index in [-0.39, 0.29) is 18.7 Å². The second-order valence-corrected chi connectivity index (χ2v) is 9.76. The van der Waals surface area contributed by atoms with Crippen LogP contribution in [0.1, 0.15) is 39.9 Å². The highest BCUT2D eigenvalue weighted by Gasteiger charge is 2.33. The van der Waals surface area contributed by atoms with Crippen LogP contribution in [0.3, 0.4) is 0 Å². The van der Waals surface area contributed by atoms with Crippen molar-refractivity contribution < 1.29 is 17.9 Å². The second kappa shape index (κ2) is 13.8. The molecule has 0 radical (unpaired) electrons. The monoisotopic (exact) mass is 578 g/mol. The van der Waals surface area contributed by atoms with Crippen LogP contribution in [0, 0.1) is 11.3 Å². The summed E-state index contributed by atoms with van der Waals surface area (Å²) < 4.78 is 48.2. The van der Waals surface area contributed by atoms with Gasteiger partial charge >= 0.3 is 6.18 Å². The van der Waals surface area contributed by atoms with E-state index in [1.54, 1.807) is 41.7 Å². The number of nitrogens with zero attached hydrogens (tertiary/aromatic N) is 5. The fourth-order valence-corrected chi connectivity index (χ4v) is 4.57. The van der Waals surface area contributed by atoms with E-state index in [0.717, 1.165) is 35.7 Å². The Hall–Kier alpha value is -4.43. The first-order valence-corrected chi connectivity index (χ1v) is 13.3. The number of nitrogens with one attached hydrogen (secondary N) is 1. The fraction of sp³-hybridized carbons (Fsp3) is 0.267. The van der Waals surface area contributed by atoms with Crippen LogP contribution in [0.4, 0.5) is 13.2 Å². The number of aryl methyl sites for hydroxylation is 1. The lowest BCUT2D eigenvalue weighted by Crippen LogP contribution is -2.39. The molecule has 212 valence electrons. The van der Waals surface area contributed by atoms with E-state index in [9.17, 15) is 13.2 Å². The molecule has 0 saturated heterocycles. The molecule has 11 heteroatoms. The van der Waals surface area contributed by atoms with Crippen molar-refractivity contribution in [3.05, 3.63) is 113 Å². The number of imidazole rings is 1. The van der Waals surface area contributed by atoms with Gasteiger partial charge in [0.05, 0.1) is 30.6 Å². The highest BCUT2D eigenvalue weighted by Crippen LogP contribution is 2.32. The molecular formula is C30H29F3N6OS. The third-order valence-corrected chi connectivity index (χ3v) is 6.87. The number of rotatable bonds is 11. The molecule has 2 aromatic heterocycles. The molecule has 0 aliphatic carbocycles. The van der Waals surface area contributed by atoms with Crippen molar-refractivity contribution in [2.75, 3.05) is 13.7 Å². The molecule has 0 amide bonds. The highest BCUT2D eigenvalue weighted by atomic mass is 32.1. The molecule has 0 aliphatic heterocycles. The molecule has 1 N–H and O–H groups in total. The molecule has 0 unspecified atom stereocenters. The van der Waals surface area contributed by atoms with Gasteiger partial charge in [-0.3, -0.25) is 0 Å². The Morgan fingerprint density at radius 3 is 2.49 bits per heavy atom. The summed E-state index contributed by atoms with van der Waals surface area (Å²) >= 11 is 5.65. The molecule has 7 nitrogen and oxygen atoms in total. The van der Waals surface area contributed by atoms with Gasteiger partial charge in [0, 0.05) is 50.3 Å². The molecule has 41 heavy (non-hydrogen) atoms. The maximum atomic E-state index is 13.7. The maximum Gasteiger partial charge on any atom is 0.416 e. The van der Waals surface area contributed by atoms with Gasteiger partial charge in [0.2, 0.25) is 5.88 Å². The third-order valence-electron chi connectivity index (χ3n) is 6.47. The zero-order valence-electron chi connectivity index (χ0n) is 22.4. The Kier molecular flexibility index (Phi) is 9.92. The topological polar surface area (TPSA) is 79.0 Å². The fourth-order valence-electron chi connectivity index (χ4n) is 4.34. The van der Waals surface area contributed by atoms with Crippen molar-refractivity contribution in [2.45, 2.75) is 38.7 Å². The molecule has 4 aromatic rings. The van der Waals surface area contributed by atoms with Gasteiger partial charge in [-0.15, -0.1) is 0 Å². The highest BCUT2D eigenvalue weighted by molar-refractivity contribution is 7.80. The SMILES string of the molecule is COc1ccc(CN(Cc2ccccc2C(F)(F)F)C(=S)NCCCc2cncn2Cc2ccc(C#N)cc2)cn1. The Morgan fingerprint density at radius 1 is 1.05 bits per heavy atom. The van der Waals surface area contributed by atoms with E-state index in [2.05, 4.69) is 25.9 Å². The number of aromatic nitrogens is 3. The van der Waals surface area contributed by atoms with Gasteiger partial charge in [-0.2, -0.15) is 18.4 Å². The van der Waals surface area contributed by atoms with Crippen molar-refractivity contribution >= 4 is 17.3 Å². The summed E-state index contributed by atoms with van der Waals surface area (Å²) in [5.74, 6) is 0.446. The summed E-state index contributed by atoms with van der Waals surface area (Å²) in [5, 5.41) is 12.6. The summed E-state index contributed by atoms with van der Waals surface area (Å²) in [5.41, 5.74) is 2.95. The third kappa shape index (κ3) is 8.28. The zero-order chi connectivity index (χ0) is 29.2. The van der Waals surface area contributed by atoms with Crippen molar-refractivity contribution in [3.63, 3.8) is 0 Å². The van der Waals surface area contributed by atoms with Crippen LogP contribution < -0.4 is 10.1 Å². The Balaban J connectivity index is 1.39. The minimum absolute atomic E-state index is 0.0229. The molecule has 0 spiro atoms. The molecule has 2 heterocycles. The summed E-state index contributed by atoms with van der Waals surface area (Å²) in [6, 6.07) is 18.6. The number of ether oxygens (including phenoxy) is 1. The minimum Gasteiger partial charge on any atom is -0.481 e. The van der Waals surface area contributed by atoms with Crippen LogP contribution in [0.25, 0.3) is 0 Å². The van der Waals surface area contributed by atoms with E-state index >= 15 is 0 Å². The Morgan fingerprint density at radius 2 is 1.80 bits per heavy atom. The van der Waals surface area contributed by atoms with Gasteiger partial charge in [-0.25, -0.2) is 9.97 Å². The van der Waals surface area contributed by atoms with Crippen LogP contribution in [-0.4, -0.2) is 38.2 Å². The summed E-state index contributed by atoms with van der Waals surface area (Å²) in [6.07, 6.45) is 2.20. The van der Waals surface area contributed by atoms with Gasteiger partial charge in [0.25, 0.3) is 0 Å². The number of hydrogen-bond donors (Lipinski definition) is 1. The van der Waals surface area contributed by atoms with Crippen molar-refractivity contribution in [1.29, 1.82) is 5.26 Å². The molecule has 0 aliphatic rings. The Labute approximate surface area is 242 Å². The van der Waals surface area contributed by atoms with Crippen molar-refractivity contribution in [3.8, 4) is 11.9 Å². The molecular weight excluding hydrogens is 549 g/mol. The van der Waals surface area contributed by atoms with E-state index in [0.29, 0.717) is 29.6 Å². The lowest BCUT2D eigenvalue weighted by molar-refractivity contribution is -0.138. The molecule has 0 atom stereocenters. The van der Waals surface area contributed by atoms with Crippen molar-refractivity contribution in [2.24, 2.45) is 0 Å². The van der Waals surface area contributed by atoms with Gasteiger partial charge in [-0.1, -0.05) is 36.4 Å². The Bertz CT molecular complexity index is 1480. The quantitative estimate of drug-likeness (QED) is 0.180. The maximum absolute atomic E-state index is 13.7. The number of nitriles is 1. The number of methoxy groups -OCH3 is 1. The number of pyridine rings is 1. The number of benzene rings is 2. The van der Waals surface area contributed by atoms with Gasteiger partial charge in [0.1, 0.15) is 0 Å². The summed E-state index contributed by atoms with van der Waals surface area (Å²) in [4.78, 5) is 10.2. The van der Waals surface area contributed by atoms with Crippen LogP contribution in [0.15, 0.2) is 79.4 Å². The smallest absolute Gasteiger partial charge is 0.416 e. The first-order valence-electron chi connectivity index (χ1n) is 12.9. The van der Waals surface area contributed by atoms with E-state index < -0.39 is 11.7 Å². The largest absolute Gasteiger partial charge is 0.481 e. The second-order valence-electron chi connectivity index (χ2n) is 9.38. The molecule has 0 fully saturated rings. The van der Waals surface area contributed by atoms with Crippen LogP contribution in [-0.2, 0) is 32.2 Å². The molecule has 4 rings (SSSR count). The predicted molar refractivity (Wildman–Crippen MR) is 153 cm³/mol. The number of thiocarbonyl (C=S) groups is 1. The summed E-state index contributed by atoms with van der Waals surface area (Å²) in [6.45, 7) is 1.41. The average molecular weight is 579 g/mol. The molecule has 0 saturated carbocycles. The predicted octanol–water partition coefficient (Wildman–Crippen LogP) is 5.73. The van der Waals surface area contributed by atoms with E-state index in [1.165, 1.54) is 19.2 Å². The number of alkyl halides is 3. The average Bonchev–Trinajstić information content (AvgIpc) is 3.42. The normalized spacial score (nSPS) is 11.1. The van der Waals surface area contributed by atoms with Crippen LogP contribution in [0.2, 0.25) is 0 Å².